The maximum absolute atomic E-state index is 5.82. The van der Waals surface area contributed by atoms with Crippen molar-refractivity contribution < 1.29 is 0 Å². The molecule has 18 heavy (non-hydrogen) atoms. The molecule has 2 aromatic heterocycles. The van der Waals surface area contributed by atoms with Crippen molar-refractivity contribution in [1.82, 2.24) is 15.3 Å². The van der Waals surface area contributed by atoms with Crippen molar-refractivity contribution in [3.8, 4) is 0 Å². The molecule has 6 heteroatoms. The molecule has 2 rings (SSSR count). The molecule has 0 aromatic carbocycles. The zero-order chi connectivity index (χ0) is 13.0. The van der Waals surface area contributed by atoms with E-state index in [0.717, 1.165) is 11.1 Å². The average molecular weight is 303 g/mol. The SMILES string of the molecule is Clc1ccc(CNCc2cc(Cl)nc(Cl)c2)cn1. The van der Waals surface area contributed by atoms with E-state index < -0.39 is 0 Å². The third-order valence-corrected chi connectivity index (χ3v) is 2.88. The second kappa shape index (κ2) is 6.34. The fraction of sp³-hybridized carbons (Fsp3) is 0.167. The fourth-order valence-electron chi connectivity index (χ4n) is 1.48. The van der Waals surface area contributed by atoms with E-state index >= 15 is 0 Å². The van der Waals surface area contributed by atoms with Gasteiger partial charge in [0.25, 0.3) is 0 Å². The lowest BCUT2D eigenvalue weighted by atomic mass is 10.2. The van der Waals surface area contributed by atoms with Gasteiger partial charge in [-0.15, -0.1) is 0 Å². The highest BCUT2D eigenvalue weighted by atomic mass is 35.5. The molecular weight excluding hydrogens is 293 g/mol. The number of aromatic nitrogens is 2. The minimum absolute atomic E-state index is 0.396. The second-order valence-corrected chi connectivity index (χ2v) is 4.88. The molecule has 0 spiro atoms. The zero-order valence-corrected chi connectivity index (χ0v) is 11.6. The predicted octanol–water partition coefficient (Wildman–Crippen LogP) is 3.73. The van der Waals surface area contributed by atoms with Crippen molar-refractivity contribution in [1.29, 1.82) is 0 Å². The molecule has 0 radical (unpaired) electrons. The van der Waals surface area contributed by atoms with Gasteiger partial charge in [0.1, 0.15) is 15.5 Å². The van der Waals surface area contributed by atoms with Gasteiger partial charge in [-0.1, -0.05) is 40.9 Å². The first-order valence-corrected chi connectivity index (χ1v) is 6.40. The highest BCUT2D eigenvalue weighted by Gasteiger charge is 2.00. The molecule has 2 aromatic rings. The van der Waals surface area contributed by atoms with Crippen LogP contribution < -0.4 is 5.32 Å². The van der Waals surface area contributed by atoms with E-state index in [1.807, 2.05) is 6.07 Å². The van der Waals surface area contributed by atoms with Gasteiger partial charge in [0.15, 0.2) is 0 Å². The van der Waals surface area contributed by atoms with Crippen LogP contribution in [0.4, 0.5) is 0 Å². The summed E-state index contributed by atoms with van der Waals surface area (Å²) in [6, 6.07) is 7.24. The molecule has 2 heterocycles. The summed E-state index contributed by atoms with van der Waals surface area (Å²) in [5.41, 5.74) is 2.05. The Hall–Kier alpha value is -0.870. The largest absolute Gasteiger partial charge is 0.309 e. The minimum atomic E-state index is 0.396. The second-order valence-electron chi connectivity index (χ2n) is 3.71. The van der Waals surface area contributed by atoms with E-state index in [2.05, 4.69) is 15.3 Å². The van der Waals surface area contributed by atoms with Crippen LogP contribution in [-0.2, 0) is 13.1 Å². The summed E-state index contributed by atoms with van der Waals surface area (Å²) in [5.74, 6) is 0. The monoisotopic (exact) mass is 301 g/mol. The lowest BCUT2D eigenvalue weighted by Gasteiger charge is -2.05. The molecule has 0 aliphatic rings. The summed E-state index contributed by atoms with van der Waals surface area (Å²) >= 11 is 17.3. The number of nitrogens with zero attached hydrogens (tertiary/aromatic N) is 2. The average Bonchev–Trinajstić information content (AvgIpc) is 2.30. The third-order valence-electron chi connectivity index (χ3n) is 2.27. The Morgan fingerprint density at radius 2 is 1.56 bits per heavy atom. The molecule has 1 N–H and O–H groups in total. The van der Waals surface area contributed by atoms with Gasteiger partial charge >= 0.3 is 0 Å². The van der Waals surface area contributed by atoms with Gasteiger partial charge in [-0.25, -0.2) is 9.97 Å². The van der Waals surface area contributed by atoms with E-state index in [4.69, 9.17) is 34.8 Å². The quantitative estimate of drug-likeness (QED) is 0.875. The predicted molar refractivity (Wildman–Crippen MR) is 74.0 cm³/mol. The van der Waals surface area contributed by atoms with E-state index in [0.29, 0.717) is 28.5 Å². The summed E-state index contributed by atoms with van der Waals surface area (Å²) in [5, 5.41) is 4.55. The molecule has 0 saturated heterocycles. The van der Waals surface area contributed by atoms with Crippen molar-refractivity contribution >= 4 is 34.8 Å². The smallest absolute Gasteiger partial charge is 0.131 e. The summed E-state index contributed by atoms with van der Waals surface area (Å²) < 4.78 is 0. The molecule has 0 fully saturated rings. The van der Waals surface area contributed by atoms with Crippen LogP contribution in [0.15, 0.2) is 30.5 Å². The maximum Gasteiger partial charge on any atom is 0.131 e. The van der Waals surface area contributed by atoms with Crippen LogP contribution in [0, 0.1) is 0 Å². The number of halogens is 3. The fourth-order valence-corrected chi connectivity index (χ4v) is 2.10. The van der Waals surface area contributed by atoms with Crippen LogP contribution >= 0.6 is 34.8 Å². The van der Waals surface area contributed by atoms with Gasteiger partial charge in [-0.3, -0.25) is 0 Å². The van der Waals surface area contributed by atoms with Crippen LogP contribution in [-0.4, -0.2) is 9.97 Å². The van der Waals surface area contributed by atoms with Crippen LogP contribution in [0.2, 0.25) is 15.5 Å². The van der Waals surface area contributed by atoms with Crippen molar-refractivity contribution in [2.75, 3.05) is 0 Å². The van der Waals surface area contributed by atoms with Crippen LogP contribution in [0.5, 0.6) is 0 Å². The first-order valence-electron chi connectivity index (χ1n) is 5.26. The molecule has 0 atom stereocenters. The van der Waals surface area contributed by atoms with E-state index in [1.54, 1.807) is 24.4 Å². The molecule has 0 bridgehead atoms. The Morgan fingerprint density at radius 3 is 2.17 bits per heavy atom. The van der Waals surface area contributed by atoms with Gasteiger partial charge in [0, 0.05) is 19.3 Å². The summed E-state index contributed by atoms with van der Waals surface area (Å²) in [6.07, 6.45) is 1.74. The lowest BCUT2D eigenvalue weighted by Crippen LogP contribution is -2.12. The van der Waals surface area contributed by atoms with Crippen LogP contribution in [0.25, 0.3) is 0 Å². The third kappa shape index (κ3) is 4.10. The first kappa shape index (κ1) is 13.6. The van der Waals surface area contributed by atoms with Crippen molar-refractivity contribution in [3.05, 3.63) is 57.0 Å². The van der Waals surface area contributed by atoms with Gasteiger partial charge in [-0.2, -0.15) is 0 Å². The first-order chi connectivity index (χ1) is 8.63. The zero-order valence-electron chi connectivity index (χ0n) is 9.33. The molecule has 3 nitrogen and oxygen atoms in total. The summed E-state index contributed by atoms with van der Waals surface area (Å²) in [7, 11) is 0. The molecule has 0 aliphatic heterocycles. The lowest BCUT2D eigenvalue weighted by molar-refractivity contribution is 0.691. The number of pyridine rings is 2. The molecule has 94 valence electrons. The molecule has 0 amide bonds. The number of nitrogens with one attached hydrogen (secondary N) is 1. The Balaban J connectivity index is 1.90. The highest BCUT2D eigenvalue weighted by molar-refractivity contribution is 6.32. The number of rotatable bonds is 4. The molecule has 0 saturated carbocycles. The minimum Gasteiger partial charge on any atom is -0.309 e. The summed E-state index contributed by atoms with van der Waals surface area (Å²) in [6.45, 7) is 1.35. The normalized spacial score (nSPS) is 10.6. The van der Waals surface area contributed by atoms with Gasteiger partial charge in [0.2, 0.25) is 0 Å². The Labute approximate surface area is 120 Å². The molecular formula is C12H10Cl3N3. The maximum atomic E-state index is 5.82. The Kier molecular flexibility index (Phi) is 4.78. The summed E-state index contributed by atoms with van der Waals surface area (Å²) in [4.78, 5) is 7.89. The van der Waals surface area contributed by atoms with Gasteiger partial charge in [0.05, 0.1) is 0 Å². The Bertz CT molecular complexity index is 508. The number of hydrogen-bond acceptors (Lipinski definition) is 3. The van der Waals surface area contributed by atoms with E-state index in [9.17, 15) is 0 Å². The topological polar surface area (TPSA) is 37.8 Å². The van der Waals surface area contributed by atoms with Gasteiger partial charge in [-0.05, 0) is 29.3 Å². The van der Waals surface area contributed by atoms with Crippen molar-refractivity contribution in [2.24, 2.45) is 0 Å². The van der Waals surface area contributed by atoms with Crippen molar-refractivity contribution in [2.45, 2.75) is 13.1 Å². The highest BCUT2D eigenvalue weighted by Crippen LogP contribution is 2.14. The molecule has 0 unspecified atom stereocenters. The standard InChI is InChI=1S/C12H10Cl3N3/c13-10-2-1-8(7-17-10)5-16-6-9-3-11(14)18-12(15)4-9/h1-4,7,16H,5-6H2. The van der Waals surface area contributed by atoms with E-state index in [1.165, 1.54) is 0 Å². The van der Waals surface area contributed by atoms with E-state index in [-0.39, 0.29) is 0 Å². The van der Waals surface area contributed by atoms with Gasteiger partial charge < -0.3 is 5.32 Å². The number of hydrogen-bond donors (Lipinski definition) is 1. The van der Waals surface area contributed by atoms with Crippen LogP contribution in [0.1, 0.15) is 11.1 Å². The Morgan fingerprint density at radius 1 is 0.889 bits per heavy atom. The van der Waals surface area contributed by atoms with Crippen LogP contribution in [0.3, 0.4) is 0 Å². The molecule has 0 aliphatic carbocycles. The van der Waals surface area contributed by atoms with Crippen molar-refractivity contribution in [3.63, 3.8) is 0 Å².